The predicted molar refractivity (Wildman–Crippen MR) is 45.9 cm³/mol. The van der Waals surface area contributed by atoms with Crippen molar-refractivity contribution in [2.24, 2.45) is 5.92 Å². The number of ether oxygens (including phenoxy) is 1. The van der Waals surface area contributed by atoms with Crippen LogP contribution in [0.15, 0.2) is 0 Å². The van der Waals surface area contributed by atoms with Gasteiger partial charge < -0.3 is 4.74 Å². The molecule has 2 heterocycles. The van der Waals surface area contributed by atoms with Gasteiger partial charge in [0.2, 0.25) is 0 Å². The summed E-state index contributed by atoms with van der Waals surface area (Å²) >= 11 is 0. The van der Waals surface area contributed by atoms with Gasteiger partial charge in [0.25, 0.3) is 0 Å². The summed E-state index contributed by atoms with van der Waals surface area (Å²) in [6, 6.07) is 0. The summed E-state index contributed by atoms with van der Waals surface area (Å²) in [6.45, 7) is 6.19. The van der Waals surface area contributed by atoms with Crippen LogP contribution in [0.1, 0.15) is 40.0 Å². The predicted octanol–water partition coefficient (Wildman–Crippen LogP) is 1.92. The van der Waals surface area contributed by atoms with E-state index >= 15 is 0 Å². The maximum absolute atomic E-state index is 11.6. The Labute approximate surface area is 73.3 Å². The molecular formula is C10H16O2. The summed E-state index contributed by atoms with van der Waals surface area (Å²) in [7, 11) is 0. The summed E-state index contributed by atoms with van der Waals surface area (Å²) < 4.78 is 5.85. The summed E-state index contributed by atoms with van der Waals surface area (Å²) in [5, 5.41) is 0. The number of hydrogen-bond donors (Lipinski definition) is 0. The lowest BCUT2D eigenvalue weighted by Gasteiger charge is -2.35. The highest BCUT2D eigenvalue weighted by molar-refractivity contribution is 5.88. The molecule has 68 valence electrons. The van der Waals surface area contributed by atoms with Gasteiger partial charge in [0.05, 0.1) is 5.60 Å². The zero-order chi connectivity index (χ0) is 8.98. The number of fused-ring (bicyclic) bond motifs is 2. The zero-order valence-electron chi connectivity index (χ0n) is 8.02. The van der Waals surface area contributed by atoms with Gasteiger partial charge in [-0.15, -0.1) is 0 Å². The highest BCUT2D eigenvalue weighted by atomic mass is 16.5. The molecule has 2 aliphatic heterocycles. The Morgan fingerprint density at radius 1 is 1.50 bits per heavy atom. The lowest BCUT2D eigenvalue weighted by atomic mass is 9.87. The van der Waals surface area contributed by atoms with Gasteiger partial charge in [-0.3, -0.25) is 4.79 Å². The molecular weight excluding hydrogens is 152 g/mol. The van der Waals surface area contributed by atoms with Crippen LogP contribution < -0.4 is 0 Å². The molecule has 3 unspecified atom stereocenters. The van der Waals surface area contributed by atoms with Gasteiger partial charge in [-0.25, -0.2) is 0 Å². The van der Waals surface area contributed by atoms with Gasteiger partial charge in [-0.1, -0.05) is 6.92 Å². The van der Waals surface area contributed by atoms with Crippen molar-refractivity contribution in [2.45, 2.75) is 51.2 Å². The Balaban J connectivity index is 2.36. The molecule has 2 fully saturated rings. The minimum absolute atomic E-state index is 0.0118. The molecule has 3 atom stereocenters. The second kappa shape index (κ2) is 2.11. The van der Waals surface area contributed by atoms with Crippen LogP contribution in [-0.4, -0.2) is 17.0 Å². The fourth-order valence-electron chi connectivity index (χ4n) is 2.61. The molecule has 2 aliphatic rings. The molecule has 0 aromatic rings. The standard InChI is InChI=1S/C10H16O2/c1-7-6-9(2)5-4-8(11)10(7,3)12-9/h7H,4-6H2,1-3H3. The van der Waals surface area contributed by atoms with Crippen molar-refractivity contribution in [3.8, 4) is 0 Å². The quantitative estimate of drug-likeness (QED) is 0.552. The van der Waals surface area contributed by atoms with E-state index < -0.39 is 5.60 Å². The second-order valence-electron chi connectivity index (χ2n) is 4.69. The molecule has 0 saturated carbocycles. The van der Waals surface area contributed by atoms with Gasteiger partial charge in [-0.05, 0) is 32.6 Å². The van der Waals surface area contributed by atoms with Gasteiger partial charge >= 0.3 is 0 Å². The van der Waals surface area contributed by atoms with Crippen molar-refractivity contribution in [3.63, 3.8) is 0 Å². The first-order valence-electron chi connectivity index (χ1n) is 4.70. The Hall–Kier alpha value is -0.370. The molecule has 2 saturated heterocycles. The topological polar surface area (TPSA) is 26.3 Å². The van der Waals surface area contributed by atoms with Crippen molar-refractivity contribution in [3.05, 3.63) is 0 Å². The molecule has 2 nitrogen and oxygen atoms in total. The average Bonchev–Trinajstić information content (AvgIpc) is 2.16. The number of ketones is 1. The maximum atomic E-state index is 11.6. The van der Waals surface area contributed by atoms with Gasteiger partial charge in [0, 0.05) is 6.42 Å². The third kappa shape index (κ3) is 0.875. The molecule has 0 aromatic carbocycles. The van der Waals surface area contributed by atoms with Crippen molar-refractivity contribution >= 4 is 5.78 Å². The molecule has 0 aromatic heterocycles. The molecule has 2 bridgehead atoms. The summed E-state index contributed by atoms with van der Waals surface area (Å²) in [5.41, 5.74) is -0.477. The van der Waals surface area contributed by atoms with E-state index in [2.05, 4.69) is 13.8 Å². The Bertz CT molecular complexity index is 236. The minimum Gasteiger partial charge on any atom is -0.361 e. The van der Waals surface area contributed by atoms with Crippen molar-refractivity contribution in [1.29, 1.82) is 0 Å². The number of Topliss-reactive ketones (excluding diaryl/α,β-unsaturated/α-hetero) is 1. The smallest absolute Gasteiger partial charge is 0.164 e. The minimum atomic E-state index is -0.465. The number of carbonyl (C=O) groups is 1. The zero-order valence-corrected chi connectivity index (χ0v) is 8.02. The van der Waals surface area contributed by atoms with E-state index in [1.807, 2.05) is 6.92 Å². The van der Waals surface area contributed by atoms with E-state index in [0.29, 0.717) is 18.1 Å². The summed E-state index contributed by atoms with van der Waals surface area (Å²) in [5.74, 6) is 0.683. The highest BCUT2D eigenvalue weighted by Crippen LogP contribution is 2.49. The van der Waals surface area contributed by atoms with Crippen LogP contribution in [0.3, 0.4) is 0 Å². The normalized spacial score (nSPS) is 52.9. The van der Waals surface area contributed by atoms with Crippen LogP contribution in [0.2, 0.25) is 0 Å². The van der Waals surface area contributed by atoms with Crippen LogP contribution in [0.25, 0.3) is 0 Å². The molecule has 0 amide bonds. The Morgan fingerprint density at radius 2 is 2.17 bits per heavy atom. The third-order valence-electron chi connectivity index (χ3n) is 3.57. The molecule has 2 heteroatoms. The van der Waals surface area contributed by atoms with Crippen LogP contribution in [0, 0.1) is 5.92 Å². The average molecular weight is 168 g/mol. The van der Waals surface area contributed by atoms with Crippen LogP contribution in [-0.2, 0) is 9.53 Å². The summed E-state index contributed by atoms with van der Waals surface area (Å²) in [4.78, 5) is 11.6. The highest BCUT2D eigenvalue weighted by Gasteiger charge is 2.56. The fraction of sp³-hybridized carbons (Fsp3) is 0.900. The van der Waals surface area contributed by atoms with Gasteiger partial charge in [0.15, 0.2) is 5.78 Å². The lowest BCUT2D eigenvalue weighted by molar-refractivity contribution is -0.164. The number of rotatable bonds is 0. The van der Waals surface area contributed by atoms with Crippen LogP contribution in [0.5, 0.6) is 0 Å². The van der Waals surface area contributed by atoms with E-state index in [9.17, 15) is 4.79 Å². The van der Waals surface area contributed by atoms with Crippen LogP contribution in [0.4, 0.5) is 0 Å². The monoisotopic (exact) mass is 168 g/mol. The van der Waals surface area contributed by atoms with Gasteiger partial charge in [-0.2, -0.15) is 0 Å². The second-order valence-corrected chi connectivity index (χ2v) is 4.69. The lowest BCUT2D eigenvalue weighted by Crippen LogP contribution is -2.45. The SMILES string of the molecule is CC1CC2(C)CCC(=O)C1(C)O2. The first-order chi connectivity index (χ1) is 5.46. The molecule has 12 heavy (non-hydrogen) atoms. The molecule has 0 radical (unpaired) electrons. The number of hydrogen-bond acceptors (Lipinski definition) is 2. The van der Waals surface area contributed by atoms with E-state index in [-0.39, 0.29) is 5.60 Å². The maximum Gasteiger partial charge on any atom is 0.164 e. The van der Waals surface area contributed by atoms with E-state index in [4.69, 9.17) is 4.74 Å². The molecule has 0 aliphatic carbocycles. The third-order valence-corrected chi connectivity index (χ3v) is 3.57. The number of carbonyl (C=O) groups excluding carboxylic acids is 1. The molecule has 0 N–H and O–H groups in total. The van der Waals surface area contributed by atoms with E-state index in [0.717, 1.165) is 12.8 Å². The Kier molecular flexibility index (Phi) is 1.45. The first-order valence-corrected chi connectivity index (χ1v) is 4.70. The largest absolute Gasteiger partial charge is 0.361 e. The molecule has 0 spiro atoms. The van der Waals surface area contributed by atoms with E-state index in [1.54, 1.807) is 0 Å². The van der Waals surface area contributed by atoms with Crippen molar-refractivity contribution in [1.82, 2.24) is 0 Å². The van der Waals surface area contributed by atoms with Crippen molar-refractivity contribution in [2.75, 3.05) is 0 Å². The Morgan fingerprint density at radius 3 is 2.75 bits per heavy atom. The summed E-state index contributed by atoms with van der Waals surface area (Å²) in [6.07, 6.45) is 2.65. The van der Waals surface area contributed by atoms with Crippen molar-refractivity contribution < 1.29 is 9.53 Å². The molecule has 2 rings (SSSR count). The van der Waals surface area contributed by atoms with Crippen LogP contribution >= 0.6 is 0 Å². The van der Waals surface area contributed by atoms with Gasteiger partial charge in [0.1, 0.15) is 5.60 Å². The first kappa shape index (κ1) is 8.24. The fourth-order valence-corrected chi connectivity index (χ4v) is 2.61. The van der Waals surface area contributed by atoms with E-state index in [1.165, 1.54) is 0 Å².